The van der Waals surface area contributed by atoms with E-state index >= 15 is 0 Å². The number of aliphatic hydroxyl groups is 2. The fraction of sp³-hybridized carbons (Fsp3) is 0.462. The fourth-order valence-corrected chi connectivity index (χ4v) is 3.41. The van der Waals surface area contributed by atoms with Crippen molar-refractivity contribution in [2.45, 2.75) is 23.5 Å². The number of nitrogens with one attached hydrogen (secondary N) is 1. The van der Waals surface area contributed by atoms with Gasteiger partial charge >= 0.3 is 7.12 Å². The van der Waals surface area contributed by atoms with Gasteiger partial charge in [0.15, 0.2) is 6.29 Å². The van der Waals surface area contributed by atoms with Crippen molar-refractivity contribution in [2.24, 2.45) is 0 Å². The van der Waals surface area contributed by atoms with Gasteiger partial charge in [-0.15, -0.1) is 11.8 Å². The molecule has 4 N–H and O–H groups in total. The van der Waals surface area contributed by atoms with Crippen LogP contribution >= 0.6 is 23.5 Å². The number of carbonyl (C=O) groups is 1. The van der Waals surface area contributed by atoms with Crippen LogP contribution in [-0.4, -0.2) is 46.5 Å². The molecule has 0 bridgehead atoms. The van der Waals surface area contributed by atoms with Crippen molar-refractivity contribution >= 4 is 36.5 Å². The highest BCUT2D eigenvalue weighted by Gasteiger charge is 2.35. The van der Waals surface area contributed by atoms with E-state index < -0.39 is 19.5 Å². The summed E-state index contributed by atoms with van der Waals surface area (Å²) in [5, 5.41) is 32.0. The number of benzene rings is 1. The monoisotopic (exact) mass is 343 g/mol. The lowest BCUT2D eigenvalue weighted by molar-refractivity contribution is -0.119. The summed E-state index contributed by atoms with van der Waals surface area (Å²) in [5.74, 6) is 0.411. The van der Waals surface area contributed by atoms with E-state index in [0.29, 0.717) is 16.2 Å². The van der Waals surface area contributed by atoms with Crippen molar-refractivity contribution in [1.29, 1.82) is 0 Å². The molecule has 1 atom stereocenters. The SMILES string of the molecule is CSCC(=O)N[C@@H]1CB(O)Oc2c1ccc(SC)c2C(O)O. The molecule has 1 aliphatic rings. The third-order valence-corrected chi connectivity index (χ3v) is 4.69. The van der Waals surface area contributed by atoms with E-state index in [2.05, 4.69) is 5.32 Å². The summed E-state index contributed by atoms with van der Waals surface area (Å²) in [5.41, 5.74) is 0.855. The summed E-state index contributed by atoms with van der Waals surface area (Å²) < 4.78 is 5.40. The second-order valence-corrected chi connectivity index (χ2v) is 6.55. The van der Waals surface area contributed by atoms with Crippen LogP contribution in [0.15, 0.2) is 17.0 Å². The molecule has 0 unspecified atom stereocenters. The molecule has 1 aliphatic heterocycles. The highest BCUT2D eigenvalue weighted by atomic mass is 32.2. The first-order valence-electron chi connectivity index (χ1n) is 6.67. The third kappa shape index (κ3) is 3.72. The number of aliphatic hydroxyl groups excluding tert-OH is 1. The first kappa shape index (κ1) is 17.5. The van der Waals surface area contributed by atoms with Gasteiger partial charge in [0, 0.05) is 16.8 Å². The standard InChI is InChI=1S/C13H18BNO5S2/c1-21-6-10(16)15-8-5-14(19)20-12-7(8)3-4-9(22-2)11(12)13(17)18/h3-4,8,13,17-19H,5-6H2,1-2H3,(H,15,16)/t8-/m1/s1. The Kier molecular flexibility index (Phi) is 6.05. The molecule has 1 aromatic carbocycles. The molecule has 1 heterocycles. The fourth-order valence-electron chi connectivity index (χ4n) is 2.44. The molecular weight excluding hydrogens is 325 g/mol. The molecule has 9 heteroatoms. The Balaban J connectivity index is 2.41. The Morgan fingerprint density at radius 1 is 1.50 bits per heavy atom. The van der Waals surface area contributed by atoms with Crippen LogP contribution in [0.2, 0.25) is 6.32 Å². The van der Waals surface area contributed by atoms with Crippen LogP contribution in [0.5, 0.6) is 5.75 Å². The van der Waals surface area contributed by atoms with Crippen LogP contribution in [0, 0.1) is 0 Å². The molecule has 0 fully saturated rings. The number of hydrogen-bond acceptors (Lipinski definition) is 7. The smallest absolute Gasteiger partial charge is 0.525 e. The normalized spacial score (nSPS) is 17.2. The Labute approximate surface area is 137 Å². The van der Waals surface area contributed by atoms with Gasteiger partial charge in [0.25, 0.3) is 0 Å². The average Bonchev–Trinajstić information content (AvgIpc) is 2.45. The van der Waals surface area contributed by atoms with Gasteiger partial charge in [-0.25, -0.2) is 0 Å². The molecule has 120 valence electrons. The van der Waals surface area contributed by atoms with E-state index in [1.54, 1.807) is 12.1 Å². The predicted octanol–water partition coefficient (Wildman–Crippen LogP) is 0.785. The molecule has 0 saturated carbocycles. The molecular formula is C13H18BNO5S2. The molecule has 0 aliphatic carbocycles. The highest BCUT2D eigenvalue weighted by Crippen LogP contribution is 2.42. The van der Waals surface area contributed by atoms with Gasteiger partial charge in [0.1, 0.15) is 5.75 Å². The predicted molar refractivity (Wildman–Crippen MR) is 88.1 cm³/mol. The van der Waals surface area contributed by atoms with Crippen LogP contribution in [0.3, 0.4) is 0 Å². The quantitative estimate of drug-likeness (QED) is 0.356. The van der Waals surface area contributed by atoms with Gasteiger partial charge in [0.05, 0.1) is 17.4 Å². The minimum absolute atomic E-state index is 0.141. The molecule has 2 rings (SSSR count). The minimum atomic E-state index is -1.72. The summed E-state index contributed by atoms with van der Waals surface area (Å²) in [7, 11) is -1.11. The van der Waals surface area contributed by atoms with Gasteiger partial charge < -0.3 is 25.2 Å². The number of rotatable bonds is 5. The van der Waals surface area contributed by atoms with Crippen LogP contribution in [-0.2, 0) is 4.79 Å². The molecule has 0 aromatic heterocycles. The number of fused-ring (bicyclic) bond motifs is 1. The number of amides is 1. The van der Waals surface area contributed by atoms with Gasteiger partial charge in [0.2, 0.25) is 5.91 Å². The highest BCUT2D eigenvalue weighted by molar-refractivity contribution is 7.99. The zero-order valence-corrected chi connectivity index (χ0v) is 13.9. The molecule has 0 spiro atoms. The molecule has 0 radical (unpaired) electrons. The van der Waals surface area contributed by atoms with Crippen LogP contribution < -0.4 is 9.97 Å². The Hall–Kier alpha value is -0.865. The Bertz CT molecular complexity index is 557. The van der Waals surface area contributed by atoms with E-state index in [9.17, 15) is 20.0 Å². The Morgan fingerprint density at radius 2 is 2.23 bits per heavy atom. The molecule has 22 heavy (non-hydrogen) atoms. The second-order valence-electron chi connectivity index (χ2n) is 4.83. The van der Waals surface area contributed by atoms with E-state index in [0.717, 1.165) is 0 Å². The molecule has 0 saturated heterocycles. The van der Waals surface area contributed by atoms with Crippen LogP contribution in [0.1, 0.15) is 23.5 Å². The maximum absolute atomic E-state index is 11.8. The van der Waals surface area contributed by atoms with Gasteiger partial charge in [-0.1, -0.05) is 6.07 Å². The summed E-state index contributed by atoms with van der Waals surface area (Å²) in [6, 6.07) is 3.11. The summed E-state index contributed by atoms with van der Waals surface area (Å²) in [6.45, 7) is 0. The van der Waals surface area contributed by atoms with Crippen molar-refractivity contribution in [3.05, 3.63) is 23.3 Å². The molecule has 1 amide bonds. The maximum Gasteiger partial charge on any atom is 0.525 e. The van der Waals surface area contributed by atoms with Crippen molar-refractivity contribution in [1.82, 2.24) is 5.32 Å². The van der Waals surface area contributed by atoms with Crippen molar-refractivity contribution in [3.8, 4) is 5.75 Å². The lowest BCUT2D eigenvalue weighted by Crippen LogP contribution is -2.39. The first-order valence-corrected chi connectivity index (χ1v) is 9.29. The van der Waals surface area contributed by atoms with Gasteiger partial charge in [-0.3, -0.25) is 4.79 Å². The average molecular weight is 343 g/mol. The minimum Gasteiger partial charge on any atom is -0.535 e. The number of hydrogen-bond donors (Lipinski definition) is 4. The first-order chi connectivity index (χ1) is 10.5. The number of thioether (sulfide) groups is 2. The van der Waals surface area contributed by atoms with E-state index in [1.807, 2.05) is 12.5 Å². The number of carbonyl (C=O) groups excluding carboxylic acids is 1. The zero-order chi connectivity index (χ0) is 16.3. The van der Waals surface area contributed by atoms with Crippen molar-refractivity contribution < 1.29 is 24.7 Å². The summed E-state index contributed by atoms with van der Waals surface area (Å²) in [6.07, 6.45) is 2.14. The zero-order valence-electron chi connectivity index (χ0n) is 12.3. The van der Waals surface area contributed by atoms with Crippen molar-refractivity contribution in [2.75, 3.05) is 18.3 Å². The van der Waals surface area contributed by atoms with Gasteiger partial charge in [-0.05, 0) is 18.6 Å². The Morgan fingerprint density at radius 3 is 2.82 bits per heavy atom. The van der Waals surface area contributed by atoms with E-state index in [1.165, 1.54) is 23.5 Å². The lowest BCUT2D eigenvalue weighted by Gasteiger charge is -2.31. The van der Waals surface area contributed by atoms with Crippen molar-refractivity contribution in [3.63, 3.8) is 0 Å². The summed E-state index contributed by atoms with van der Waals surface area (Å²) in [4.78, 5) is 12.5. The molecule has 6 nitrogen and oxygen atoms in total. The topological polar surface area (TPSA) is 99.0 Å². The van der Waals surface area contributed by atoms with E-state index in [-0.39, 0.29) is 23.5 Å². The summed E-state index contributed by atoms with van der Waals surface area (Å²) >= 11 is 2.75. The van der Waals surface area contributed by atoms with Crippen LogP contribution in [0.4, 0.5) is 0 Å². The second kappa shape index (κ2) is 7.61. The van der Waals surface area contributed by atoms with Crippen LogP contribution in [0.25, 0.3) is 0 Å². The third-order valence-electron chi connectivity index (χ3n) is 3.34. The lowest BCUT2D eigenvalue weighted by atomic mass is 9.75. The van der Waals surface area contributed by atoms with E-state index in [4.69, 9.17) is 4.65 Å². The molecule has 1 aromatic rings. The van der Waals surface area contributed by atoms with Gasteiger partial charge in [-0.2, -0.15) is 11.8 Å². The largest absolute Gasteiger partial charge is 0.535 e. The maximum atomic E-state index is 11.8.